The van der Waals surface area contributed by atoms with Gasteiger partial charge in [0.2, 0.25) is 0 Å². The van der Waals surface area contributed by atoms with Gasteiger partial charge in [-0.15, -0.1) is 5.10 Å². The van der Waals surface area contributed by atoms with E-state index >= 15 is 0 Å². The molecule has 0 aliphatic rings. The molecular formula is C13H27N3O2Si. The number of aromatic nitrogens is 3. The molecule has 0 spiro atoms. The van der Waals surface area contributed by atoms with Crippen molar-refractivity contribution in [1.82, 2.24) is 15.0 Å². The summed E-state index contributed by atoms with van der Waals surface area (Å²) < 4.78 is 7.92. The van der Waals surface area contributed by atoms with E-state index in [0.717, 1.165) is 25.1 Å². The van der Waals surface area contributed by atoms with Crippen LogP contribution in [0.4, 0.5) is 0 Å². The van der Waals surface area contributed by atoms with Gasteiger partial charge in [0.15, 0.2) is 8.32 Å². The van der Waals surface area contributed by atoms with Gasteiger partial charge in [0.1, 0.15) is 5.69 Å². The first-order valence-electron chi connectivity index (χ1n) is 6.90. The van der Waals surface area contributed by atoms with Crippen molar-refractivity contribution in [3.05, 3.63) is 11.9 Å². The molecule has 0 bridgehead atoms. The van der Waals surface area contributed by atoms with Crippen molar-refractivity contribution < 1.29 is 9.53 Å². The van der Waals surface area contributed by atoms with Crippen molar-refractivity contribution in [3.8, 4) is 0 Å². The Balaban J connectivity index is 2.46. The lowest BCUT2D eigenvalue weighted by molar-refractivity contribution is 0.272. The first kappa shape index (κ1) is 16.3. The van der Waals surface area contributed by atoms with Gasteiger partial charge in [0.25, 0.3) is 0 Å². The number of aryl methyl sites for hydroxylation is 1. The Morgan fingerprint density at radius 1 is 1.32 bits per heavy atom. The van der Waals surface area contributed by atoms with E-state index in [0.29, 0.717) is 6.61 Å². The Kier molecular flexibility index (Phi) is 5.70. The van der Waals surface area contributed by atoms with Crippen molar-refractivity contribution in [2.45, 2.75) is 64.9 Å². The zero-order chi connectivity index (χ0) is 14.5. The molecular weight excluding hydrogens is 258 g/mol. The molecule has 0 saturated heterocycles. The van der Waals surface area contributed by atoms with Crippen LogP contribution in [0.15, 0.2) is 6.20 Å². The summed E-state index contributed by atoms with van der Waals surface area (Å²) >= 11 is 0. The maximum atomic E-state index is 8.74. The fraction of sp³-hybridized carbons (Fsp3) is 0.846. The molecule has 0 radical (unpaired) electrons. The predicted molar refractivity (Wildman–Crippen MR) is 78.3 cm³/mol. The highest BCUT2D eigenvalue weighted by atomic mass is 28.4. The molecule has 0 amide bonds. The monoisotopic (exact) mass is 285 g/mol. The Hall–Kier alpha value is -0.723. The highest BCUT2D eigenvalue weighted by Crippen LogP contribution is 2.36. The van der Waals surface area contributed by atoms with Crippen LogP contribution in [0.3, 0.4) is 0 Å². The number of aliphatic hydroxyl groups is 1. The summed E-state index contributed by atoms with van der Waals surface area (Å²) in [5, 5.41) is 17.2. The van der Waals surface area contributed by atoms with E-state index in [-0.39, 0.29) is 11.6 Å². The molecule has 5 nitrogen and oxygen atoms in total. The minimum absolute atomic E-state index is 0.212. The molecule has 0 aliphatic carbocycles. The number of hydrogen-bond donors (Lipinski definition) is 1. The summed E-state index contributed by atoms with van der Waals surface area (Å²) in [6, 6.07) is 0. The van der Waals surface area contributed by atoms with Crippen LogP contribution in [0.25, 0.3) is 0 Å². The number of rotatable bonds is 7. The quantitative estimate of drug-likeness (QED) is 0.618. The average molecular weight is 285 g/mol. The molecule has 0 fully saturated rings. The summed E-state index contributed by atoms with van der Waals surface area (Å²) in [6.45, 7) is 12.7. The lowest BCUT2D eigenvalue weighted by atomic mass is 10.2. The Labute approximate surface area is 117 Å². The molecule has 19 heavy (non-hydrogen) atoms. The SMILES string of the molecule is CC(C)(C)[Si](C)(C)OCc1cn(CCCCO)nn1. The summed E-state index contributed by atoms with van der Waals surface area (Å²) in [5.74, 6) is 0. The number of unbranched alkanes of at least 4 members (excludes halogenated alkanes) is 1. The maximum Gasteiger partial charge on any atom is 0.192 e. The molecule has 1 aromatic rings. The van der Waals surface area contributed by atoms with Crippen molar-refractivity contribution in [2.24, 2.45) is 0 Å². The summed E-state index contributed by atoms with van der Waals surface area (Å²) in [5.41, 5.74) is 0.883. The third-order valence-corrected chi connectivity index (χ3v) is 8.25. The van der Waals surface area contributed by atoms with Crippen molar-refractivity contribution in [1.29, 1.82) is 0 Å². The van der Waals surface area contributed by atoms with Gasteiger partial charge in [0, 0.05) is 13.2 Å². The second-order valence-corrected chi connectivity index (χ2v) is 11.3. The number of nitrogens with zero attached hydrogens (tertiary/aromatic N) is 3. The van der Waals surface area contributed by atoms with Crippen LogP contribution in [0.5, 0.6) is 0 Å². The van der Waals surface area contributed by atoms with Crippen molar-refractivity contribution >= 4 is 8.32 Å². The van der Waals surface area contributed by atoms with E-state index in [1.165, 1.54) is 0 Å². The normalized spacial score (nSPS) is 12.9. The van der Waals surface area contributed by atoms with E-state index in [2.05, 4.69) is 44.2 Å². The minimum atomic E-state index is -1.72. The molecule has 0 unspecified atom stereocenters. The highest BCUT2D eigenvalue weighted by Gasteiger charge is 2.37. The molecule has 1 heterocycles. The van der Waals surface area contributed by atoms with Crippen molar-refractivity contribution in [3.63, 3.8) is 0 Å². The number of hydrogen-bond acceptors (Lipinski definition) is 4. The fourth-order valence-corrected chi connectivity index (χ4v) is 2.31. The maximum absolute atomic E-state index is 8.74. The van der Waals surface area contributed by atoms with E-state index in [1.54, 1.807) is 0 Å². The van der Waals surface area contributed by atoms with Gasteiger partial charge >= 0.3 is 0 Å². The predicted octanol–water partition coefficient (Wildman–Crippen LogP) is 2.57. The standard InChI is InChI=1S/C13H27N3O2Si/c1-13(2,3)19(4,5)18-11-12-10-16(15-14-12)8-6-7-9-17/h10,17H,6-9,11H2,1-5H3. The van der Waals surface area contributed by atoms with Crippen LogP contribution in [0.1, 0.15) is 39.3 Å². The van der Waals surface area contributed by atoms with Gasteiger partial charge in [-0.1, -0.05) is 26.0 Å². The van der Waals surface area contributed by atoms with Crippen LogP contribution in [-0.4, -0.2) is 35.0 Å². The minimum Gasteiger partial charge on any atom is -0.411 e. The molecule has 6 heteroatoms. The second kappa shape index (κ2) is 6.63. The van der Waals surface area contributed by atoms with Gasteiger partial charge in [-0.3, -0.25) is 4.68 Å². The molecule has 1 rings (SSSR count). The summed E-state index contributed by atoms with van der Waals surface area (Å²) in [6.07, 6.45) is 3.66. The third kappa shape index (κ3) is 5.04. The van der Waals surface area contributed by atoms with Crippen LogP contribution < -0.4 is 0 Å². The Bertz CT molecular complexity index is 385. The van der Waals surface area contributed by atoms with Crippen LogP contribution in [0.2, 0.25) is 18.1 Å². The Morgan fingerprint density at radius 2 is 2.00 bits per heavy atom. The first-order chi connectivity index (χ1) is 8.76. The van der Waals surface area contributed by atoms with Gasteiger partial charge in [-0.2, -0.15) is 0 Å². The smallest absolute Gasteiger partial charge is 0.192 e. The largest absolute Gasteiger partial charge is 0.411 e. The fourth-order valence-electron chi connectivity index (χ4n) is 1.37. The topological polar surface area (TPSA) is 60.2 Å². The lowest BCUT2D eigenvalue weighted by Gasteiger charge is -2.35. The van der Waals surface area contributed by atoms with E-state index in [1.807, 2.05) is 10.9 Å². The highest BCUT2D eigenvalue weighted by molar-refractivity contribution is 6.74. The molecule has 1 aromatic heterocycles. The van der Waals surface area contributed by atoms with Gasteiger partial charge < -0.3 is 9.53 Å². The zero-order valence-corrected chi connectivity index (χ0v) is 13.8. The molecule has 0 saturated carbocycles. The van der Waals surface area contributed by atoms with Gasteiger partial charge in [-0.25, -0.2) is 0 Å². The summed E-state index contributed by atoms with van der Waals surface area (Å²) in [4.78, 5) is 0. The summed E-state index contributed by atoms with van der Waals surface area (Å²) in [7, 11) is -1.72. The molecule has 110 valence electrons. The van der Waals surface area contributed by atoms with Gasteiger partial charge in [0.05, 0.1) is 12.8 Å². The van der Waals surface area contributed by atoms with Crippen LogP contribution in [0, 0.1) is 0 Å². The lowest BCUT2D eigenvalue weighted by Crippen LogP contribution is -2.40. The molecule has 1 N–H and O–H groups in total. The Morgan fingerprint density at radius 3 is 2.58 bits per heavy atom. The van der Waals surface area contributed by atoms with Crippen LogP contribution in [-0.2, 0) is 17.6 Å². The average Bonchev–Trinajstić information content (AvgIpc) is 2.73. The first-order valence-corrected chi connectivity index (χ1v) is 9.81. The van der Waals surface area contributed by atoms with Crippen LogP contribution >= 0.6 is 0 Å². The van der Waals surface area contributed by atoms with E-state index in [4.69, 9.17) is 9.53 Å². The number of aliphatic hydroxyl groups excluding tert-OH is 1. The second-order valence-electron chi connectivity index (χ2n) is 6.45. The molecule has 0 aromatic carbocycles. The molecule has 0 aliphatic heterocycles. The molecule has 0 atom stereocenters. The third-order valence-electron chi connectivity index (χ3n) is 3.77. The van der Waals surface area contributed by atoms with E-state index in [9.17, 15) is 0 Å². The van der Waals surface area contributed by atoms with E-state index < -0.39 is 8.32 Å². The van der Waals surface area contributed by atoms with Gasteiger partial charge in [-0.05, 0) is 31.0 Å². The zero-order valence-electron chi connectivity index (χ0n) is 12.8. The van der Waals surface area contributed by atoms with Crippen molar-refractivity contribution in [2.75, 3.05) is 6.61 Å².